The van der Waals surface area contributed by atoms with Crippen LogP contribution in [0.15, 0.2) is 0 Å². The summed E-state index contributed by atoms with van der Waals surface area (Å²) in [6.07, 6.45) is 0. The van der Waals surface area contributed by atoms with Crippen LogP contribution in [0.4, 0.5) is 0 Å². The number of amidine groups is 1. The van der Waals surface area contributed by atoms with Gasteiger partial charge in [0.05, 0.1) is 5.75 Å². The van der Waals surface area contributed by atoms with Gasteiger partial charge in [-0.05, 0) is 5.75 Å². The second-order valence-corrected chi connectivity index (χ2v) is 3.25. The van der Waals surface area contributed by atoms with Gasteiger partial charge in [0, 0.05) is 14.1 Å². The molecule has 1 N–H and O–H groups in total. The van der Waals surface area contributed by atoms with Gasteiger partial charge in [0.15, 0.2) is 0 Å². The predicted octanol–water partition coefficient (Wildman–Crippen LogP) is 1.28. The predicted molar refractivity (Wildman–Crippen MR) is 44.4 cm³/mol. The Morgan fingerprint density at radius 1 is 1.56 bits per heavy atom. The molecule has 0 heterocycles. The molecule has 0 radical (unpaired) electrons. The Balaban J connectivity index is 3.28. The minimum absolute atomic E-state index is 0.696. The monoisotopic (exact) mass is 146 g/mol. The van der Waals surface area contributed by atoms with Crippen LogP contribution in [0.3, 0.4) is 0 Å². The minimum Gasteiger partial charge on any atom is -0.366 e. The molecule has 0 aliphatic carbocycles. The number of thioether (sulfide) groups is 1. The first-order chi connectivity index (χ1) is 4.18. The van der Waals surface area contributed by atoms with Crippen LogP contribution in [0.2, 0.25) is 0 Å². The van der Waals surface area contributed by atoms with Crippen LogP contribution in [-0.2, 0) is 0 Å². The molecular formula is C6H14N2S. The minimum atomic E-state index is 0.696. The Morgan fingerprint density at radius 2 is 2.11 bits per heavy atom. The van der Waals surface area contributed by atoms with Gasteiger partial charge in [-0.1, -0.05) is 6.92 Å². The van der Waals surface area contributed by atoms with Gasteiger partial charge in [-0.25, -0.2) is 0 Å². The molecule has 0 aromatic carbocycles. The van der Waals surface area contributed by atoms with E-state index in [1.165, 1.54) is 0 Å². The molecule has 0 spiro atoms. The Hall–Kier alpha value is -0.180. The zero-order valence-electron chi connectivity index (χ0n) is 6.27. The SMILES string of the molecule is CCSCC(=N)N(C)C. The van der Waals surface area contributed by atoms with Gasteiger partial charge in [-0.15, -0.1) is 0 Å². The molecule has 0 aromatic rings. The Bertz CT molecular complexity index is 91.1. The van der Waals surface area contributed by atoms with E-state index in [0.29, 0.717) is 5.84 Å². The van der Waals surface area contributed by atoms with Gasteiger partial charge in [0.25, 0.3) is 0 Å². The highest BCUT2D eigenvalue weighted by atomic mass is 32.2. The van der Waals surface area contributed by atoms with E-state index >= 15 is 0 Å². The highest BCUT2D eigenvalue weighted by molar-refractivity contribution is 7.99. The van der Waals surface area contributed by atoms with Gasteiger partial charge in [-0.2, -0.15) is 11.8 Å². The van der Waals surface area contributed by atoms with E-state index < -0.39 is 0 Å². The average Bonchev–Trinajstić information content (AvgIpc) is 1.82. The molecule has 0 saturated carbocycles. The summed E-state index contributed by atoms with van der Waals surface area (Å²) in [5, 5.41) is 7.35. The fourth-order valence-electron chi connectivity index (χ4n) is 0.328. The second-order valence-electron chi connectivity index (χ2n) is 1.98. The Morgan fingerprint density at radius 3 is 2.44 bits per heavy atom. The lowest BCUT2D eigenvalue weighted by Gasteiger charge is -2.11. The number of nitrogens with zero attached hydrogens (tertiary/aromatic N) is 1. The van der Waals surface area contributed by atoms with Gasteiger partial charge in [-0.3, -0.25) is 5.41 Å². The summed E-state index contributed by atoms with van der Waals surface area (Å²) < 4.78 is 0. The molecule has 0 rings (SSSR count). The molecule has 0 fully saturated rings. The van der Waals surface area contributed by atoms with Crippen LogP contribution < -0.4 is 0 Å². The van der Waals surface area contributed by atoms with Crippen LogP contribution in [-0.4, -0.2) is 36.3 Å². The van der Waals surface area contributed by atoms with Crippen molar-refractivity contribution in [1.82, 2.24) is 4.90 Å². The van der Waals surface area contributed by atoms with E-state index in [2.05, 4.69) is 6.92 Å². The largest absolute Gasteiger partial charge is 0.366 e. The average molecular weight is 146 g/mol. The molecule has 0 atom stereocenters. The fraction of sp³-hybridized carbons (Fsp3) is 0.833. The number of rotatable bonds is 3. The van der Waals surface area contributed by atoms with Crippen molar-refractivity contribution < 1.29 is 0 Å². The zero-order valence-corrected chi connectivity index (χ0v) is 7.09. The van der Waals surface area contributed by atoms with Crippen LogP contribution >= 0.6 is 11.8 Å². The quantitative estimate of drug-likeness (QED) is 0.479. The van der Waals surface area contributed by atoms with E-state index in [1.54, 1.807) is 11.8 Å². The van der Waals surface area contributed by atoms with Crippen molar-refractivity contribution >= 4 is 17.6 Å². The van der Waals surface area contributed by atoms with Crippen molar-refractivity contribution in [3.8, 4) is 0 Å². The standard InChI is InChI=1S/C6H14N2S/c1-4-9-5-6(7)8(2)3/h7H,4-5H2,1-3H3. The van der Waals surface area contributed by atoms with Crippen molar-refractivity contribution in [2.24, 2.45) is 0 Å². The van der Waals surface area contributed by atoms with Crippen molar-refractivity contribution in [2.75, 3.05) is 25.6 Å². The summed E-state index contributed by atoms with van der Waals surface area (Å²) >= 11 is 1.78. The summed E-state index contributed by atoms with van der Waals surface area (Å²) in [7, 11) is 3.80. The van der Waals surface area contributed by atoms with Crippen molar-refractivity contribution in [2.45, 2.75) is 6.92 Å². The van der Waals surface area contributed by atoms with Crippen molar-refractivity contribution in [3.63, 3.8) is 0 Å². The molecule has 0 amide bonds. The number of hydrogen-bond donors (Lipinski definition) is 1. The van der Waals surface area contributed by atoms with Gasteiger partial charge >= 0.3 is 0 Å². The van der Waals surface area contributed by atoms with Crippen LogP contribution in [0.1, 0.15) is 6.92 Å². The first-order valence-electron chi connectivity index (χ1n) is 3.01. The smallest absolute Gasteiger partial charge is 0.105 e. The third-order valence-electron chi connectivity index (χ3n) is 0.983. The lowest BCUT2D eigenvalue weighted by Crippen LogP contribution is -2.22. The zero-order chi connectivity index (χ0) is 7.28. The first-order valence-corrected chi connectivity index (χ1v) is 4.16. The van der Waals surface area contributed by atoms with Gasteiger partial charge < -0.3 is 4.90 Å². The summed E-state index contributed by atoms with van der Waals surface area (Å²) in [5.74, 6) is 2.63. The Labute approximate surface area is 61.1 Å². The summed E-state index contributed by atoms with van der Waals surface area (Å²) in [4.78, 5) is 1.84. The van der Waals surface area contributed by atoms with E-state index in [0.717, 1.165) is 11.5 Å². The maximum Gasteiger partial charge on any atom is 0.105 e. The van der Waals surface area contributed by atoms with Gasteiger partial charge in [0.2, 0.25) is 0 Å². The first kappa shape index (κ1) is 8.82. The normalized spacial score (nSPS) is 9.22. The topological polar surface area (TPSA) is 27.1 Å². The fourth-order valence-corrected chi connectivity index (χ4v) is 0.984. The van der Waals surface area contributed by atoms with Crippen LogP contribution in [0.5, 0.6) is 0 Å². The second kappa shape index (κ2) is 4.68. The van der Waals surface area contributed by atoms with E-state index in [1.807, 2.05) is 19.0 Å². The molecule has 0 bridgehead atoms. The van der Waals surface area contributed by atoms with Gasteiger partial charge in [0.1, 0.15) is 5.84 Å². The van der Waals surface area contributed by atoms with Crippen molar-refractivity contribution in [3.05, 3.63) is 0 Å². The molecule has 54 valence electrons. The maximum atomic E-state index is 7.35. The summed E-state index contributed by atoms with van der Waals surface area (Å²) in [6, 6.07) is 0. The third kappa shape index (κ3) is 4.33. The molecule has 2 nitrogen and oxygen atoms in total. The summed E-state index contributed by atoms with van der Waals surface area (Å²) in [5.41, 5.74) is 0. The molecule has 0 aliphatic heterocycles. The molecular weight excluding hydrogens is 132 g/mol. The third-order valence-corrected chi connectivity index (χ3v) is 1.87. The van der Waals surface area contributed by atoms with Crippen LogP contribution in [0, 0.1) is 5.41 Å². The number of hydrogen-bond acceptors (Lipinski definition) is 2. The van der Waals surface area contributed by atoms with E-state index in [4.69, 9.17) is 5.41 Å². The lowest BCUT2D eigenvalue weighted by molar-refractivity contribution is 0.615. The molecule has 3 heteroatoms. The van der Waals surface area contributed by atoms with E-state index in [9.17, 15) is 0 Å². The molecule has 0 aliphatic rings. The highest BCUT2D eigenvalue weighted by Gasteiger charge is 1.95. The molecule has 0 saturated heterocycles. The molecule has 0 unspecified atom stereocenters. The molecule has 9 heavy (non-hydrogen) atoms. The highest BCUT2D eigenvalue weighted by Crippen LogP contribution is 1.98. The number of nitrogens with one attached hydrogen (secondary N) is 1. The van der Waals surface area contributed by atoms with Crippen LogP contribution in [0.25, 0.3) is 0 Å². The summed E-state index contributed by atoms with van der Waals surface area (Å²) in [6.45, 7) is 2.10. The van der Waals surface area contributed by atoms with E-state index in [-0.39, 0.29) is 0 Å². The molecule has 0 aromatic heterocycles. The lowest BCUT2D eigenvalue weighted by atomic mass is 10.6. The Kier molecular flexibility index (Phi) is 4.58. The van der Waals surface area contributed by atoms with Crippen molar-refractivity contribution in [1.29, 1.82) is 5.41 Å². The maximum absolute atomic E-state index is 7.35.